The zero-order valence-corrected chi connectivity index (χ0v) is 12.0. The van der Waals surface area contributed by atoms with E-state index in [1.54, 1.807) is 0 Å². The van der Waals surface area contributed by atoms with Crippen molar-refractivity contribution in [2.45, 2.75) is 27.2 Å². The van der Waals surface area contributed by atoms with E-state index in [1.807, 2.05) is 6.07 Å². The molecular formula is C17H22N2. The molecule has 0 aliphatic rings. The van der Waals surface area contributed by atoms with Gasteiger partial charge in [-0.1, -0.05) is 38.1 Å². The van der Waals surface area contributed by atoms with Crippen LogP contribution in [0.3, 0.4) is 0 Å². The standard InChI is InChI=1S/C17H22N2/c1-4-18-17-10-6-9-16(19-17)15-8-5-7-14(12-15)11-13(2)3/h5-10,12-13H,4,11H2,1-3H3,(H,18,19). The zero-order chi connectivity index (χ0) is 13.7. The van der Waals surface area contributed by atoms with E-state index in [0.717, 1.165) is 24.5 Å². The molecule has 0 amide bonds. The van der Waals surface area contributed by atoms with Gasteiger partial charge in [-0.25, -0.2) is 4.98 Å². The monoisotopic (exact) mass is 254 g/mol. The van der Waals surface area contributed by atoms with E-state index in [0.29, 0.717) is 5.92 Å². The van der Waals surface area contributed by atoms with E-state index in [9.17, 15) is 0 Å². The smallest absolute Gasteiger partial charge is 0.126 e. The van der Waals surface area contributed by atoms with Gasteiger partial charge in [-0.3, -0.25) is 0 Å². The van der Waals surface area contributed by atoms with Crippen molar-refractivity contribution in [3.8, 4) is 11.3 Å². The number of nitrogens with zero attached hydrogens (tertiary/aromatic N) is 1. The molecule has 1 heterocycles. The summed E-state index contributed by atoms with van der Waals surface area (Å²) >= 11 is 0. The minimum Gasteiger partial charge on any atom is -0.370 e. The molecule has 19 heavy (non-hydrogen) atoms. The molecule has 2 rings (SSSR count). The third-order valence-corrected chi connectivity index (χ3v) is 2.97. The third kappa shape index (κ3) is 3.82. The molecule has 1 N–H and O–H groups in total. The highest BCUT2D eigenvalue weighted by Gasteiger charge is 2.03. The number of hydrogen-bond donors (Lipinski definition) is 1. The van der Waals surface area contributed by atoms with E-state index in [4.69, 9.17) is 0 Å². The Morgan fingerprint density at radius 3 is 2.63 bits per heavy atom. The van der Waals surface area contributed by atoms with Gasteiger partial charge in [-0.2, -0.15) is 0 Å². The van der Waals surface area contributed by atoms with E-state index in [-0.39, 0.29) is 0 Å². The molecule has 2 heteroatoms. The first-order valence-electron chi connectivity index (χ1n) is 6.99. The topological polar surface area (TPSA) is 24.9 Å². The molecule has 2 aromatic rings. The van der Waals surface area contributed by atoms with Crippen molar-refractivity contribution in [2.24, 2.45) is 5.92 Å². The van der Waals surface area contributed by atoms with Crippen LogP contribution >= 0.6 is 0 Å². The fraction of sp³-hybridized carbons (Fsp3) is 0.353. The average Bonchev–Trinajstić information content (AvgIpc) is 2.39. The Morgan fingerprint density at radius 2 is 1.89 bits per heavy atom. The number of rotatable bonds is 5. The van der Waals surface area contributed by atoms with E-state index >= 15 is 0 Å². The summed E-state index contributed by atoms with van der Waals surface area (Å²) < 4.78 is 0. The highest BCUT2D eigenvalue weighted by Crippen LogP contribution is 2.21. The number of hydrogen-bond acceptors (Lipinski definition) is 2. The lowest BCUT2D eigenvalue weighted by Crippen LogP contribution is -1.99. The lowest BCUT2D eigenvalue weighted by molar-refractivity contribution is 0.647. The number of benzene rings is 1. The number of aromatic nitrogens is 1. The van der Waals surface area contributed by atoms with Gasteiger partial charge in [-0.15, -0.1) is 0 Å². The van der Waals surface area contributed by atoms with Crippen LogP contribution in [0.5, 0.6) is 0 Å². The van der Waals surface area contributed by atoms with Gasteiger partial charge in [0.05, 0.1) is 5.69 Å². The molecule has 0 radical (unpaired) electrons. The molecule has 0 aliphatic carbocycles. The van der Waals surface area contributed by atoms with E-state index in [2.05, 4.69) is 67.5 Å². The average molecular weight is 254 g/mol. The molecule has 0 saturated carbocycles. The van der Waals surface area contributed by atoms with Crippen LogP contribution in [-0.4, -0.2) is 11.5 Å². The molecule has 0 aliphatic heterocycles. The Kier molecular flexibility index (Phi) is 4.56. The van der Waals surface area contributed by atoms with E-state index in [1.165, 1.54) is 11.1 Å². The Morgan fingerprint density at radius 1 is 1.11 bits per heavy atom. The second kappa shape index (κ2) is 6.37. The molecule has 0 saturated heterocycles. The molecule has 0 unspecified atom stereocenters. The van der Waals surface area contributed by atoms with Crippen LogP contribution < -0.4 is 5.32 Å². The normalized spacial score (nSPS) is 10.7. The third-order valence-electron chi connectivity index (χ3n) is 2.97. The van der Waals surface area contributed by atoms with Crippen molar-refractivity contribution in [2.75, 3.05) is 11.9 Å². The van der Waals surface area contributed by atoms with Gasteiger partial charge in [0, 0.05) is 12.1 Å². The van der Waals surface area contributed by atoms with Gasteiger partial charge in [0.2, 0.25) is 0 Å². The second-order valence-electron chi connectivity index (χ2n) is 5.24. The van der Waals surface area contributed by atoms with Gasteiger partial charge in [0.1, 0.15) is 5.82 Å². The van der Waals surface area contributed by atoms with Crippen LogP contribution in [0.2, 0.25) is 0 Å². The quantitative estimate of drug-likeness (QED) is 0.856. The lowest BCUT2D eigenvalue weighted by Gasteiger charge is -2.09. The first kappa shape index (κ1) is 13.6. The van der Waals surface area contributed by atoms with Crippen LogP contribution in [0.1, 0.15) is 26.3 Å². The molecule has 0 fully saturated rings. The maximum atomic E-state index is 4.64. The predicted octanol–water partition coefficient (Wildman–Crippen LogP) is 4.38. The van der Waals surface area contributed by atoms with Crippen molar-refractivity contribution >= 4 is 5.82 Å². The SMILES string of the molecule is CCNc1cccc(-c2cccc(CC(C)C)c2)n1. The van der Waals surface area contributed by atoms with Gasteiger partial charge in [-0.05, 0) is 43.0 Å². The Balaban J connectivity index is 2.28. The maximum Gasteiger partial charge on any atom is 0.126 e. The maximum absolute atomic E-state index is 4.64. The second-order valence-corrected chi connectivity index (χ2v) is 5.24. The highest BCUT2D eigenvalue weighted by atomic mass is 15.0. The predicted molar refractivity (Wildman–Crippen MR) is 82.4 cm³/mol. The number of nitrogens with one attached hydrogen (secondary N) is 1. The molecule has 100 valence electrons. The first-order chi connectivity index (χ1) is 9.19. The summed E-state index contributed by atoms with van der Waals surface area (Å²) in [7, 11) is 0. The molecule has 0 atom stereocenters. The van der Waals surface area contributed by atoms with Crippen molar-refractivity contribution < 1.29 is 0 Å². The largest absolute Gasteiger partial charge is 0.370 e. The van der Waals surface area contributed by atoms with Crippen LogP contribution in [0.15, 0.2) is 42.5 Å². The Bertz CT molecular complexity index is 532. The molecular weight excluding hydrogens is 232 g/mol. The zero-order valence-electron chi connectivity index (χ0n) is 12.0. The molecule has 1 aromatic heterocycles. The van der Waals surface area contributed by atoms with E-state index < -0.39 is 0 Å². The van der Waals surface area contributed by atoms with Gasteiger partial charge in [0.25, 0.3) is 0 Å². The minimum atomic E-state index is 0.677. The van der Waals surface area contributed by atoms with Crippen LogP contribution in [0.4, 0.5) is 5.82 Å². The lowest BCUT2D eigenvalue weighted by atomic mass is 10.00. The van der Waals surface area contributed by atoms with Crippen molar-refractivity contribution in [1.82, 2.24) is 4.98 Å². The summed E-state index contributed by atoms with van der Waals surface area (Å²) in [5, 5.41) is 3.25. The summed E-state index contributed by atoms with van der Waals surface area (Å²) in [5.41, 5.74) is 3.60. The molecule has 1 aromatic carbocycles. The molecule has 0 bridgehead atoms. The minimum absolute atomic E-state index is 0.677. The first-order valence-corrected chi connectivity index (χ1v) is 6.99. The van der Waals surface area contributed by atoms with Crippen molar-refractivity contribution in [1.29, 1.82) is 0 Å². The summed E-state index contributed by atoms with van der Waals surface area (Å²) in [5.74, 6) is 1.62. The summed E-state index contributed by atoms with van der Waals surface area (Å²) in [6.45, 7) is 7.47. The van der Waals surface area contributed by atoms with Gasteiger partial charge >= 0.3 is 0 Å². The van der Waals surface area contributed by atoms with Crippen LogP contribution in [-0.2, 0) is 6.42 Å². The fourth-order valence-corrected chi connectivity index (χ4v) is 2.20. The summed E-state index contributed by atoms with van der Waals surface area (Å²) in [4.78, 5) is 4.64. The van der Waals surface area contributed by atoms with Gasteiger partial charge < -0.3 is 5.32 Å². The Hall–Kier alpha value is -1.83. The van der Waals surface area contributed by atoms with Crippen LogP contribution in [0, 0.1) is 5.92 Å². The van der Waals surface area contributed by atoms with Crippen LogP contribution in [0.25, 0.3) is 11.3 Å². The number of pyridine rings is 1. The summed E-state index contributed by atoms with van der Waals surface area (Å²) in [6.07, 6.45) is 1.11. The van der Waals surface area contributed by atoms with Gasteiger partial charge in [0.15, 0.2) is 0 Å². The van der Waals surface area contributed by atoms with Crippen molar-refractivity contribution in [3.63, 3.8) is 0 Å². The summed E-state index contributed by atoms with van der Waals surface area (Å²) in [6, 6.07) is 14.8. The fourth-order valence-electron chi connectivity index (χ4n) is 2.20. The highest BCUT2D eigenvalue weighted by molar-refractivity contribution is 5.62. The Labute approximate surface area is 115 Å². The molecule has 0 spiro atoms. The van der Waals surface area contributed by atoms with Crippen molar-refractivity contribution in [3.05, 3.63) is 48.0 Å². The number of anilines is 1. The molecule has 2 nitrogen and oxygen atoms in total.